The molecule has 0 atom stereocenters. The molecule has 0 radical (unpaired) electrons. The molecule has 0 unspecified atom stereocenters. The molecule has 0 aliphatic rings. The van der Waals surface area contributed by atoms with Crippen LogP contribution in [0.4, 0.5) is 10.1 Å². The third-order valence-corrected chi connectivity index (χ3v) is 5.27. The number of hydrogen-bond acceptors (Lipinski definition) is 5. The van der Waals surface area contributed by atoms with Gasteiger partial charge in [0.05, 0.1) is 5.75 Å². The molecule has 1 amide bonds. The number of amides is 1. The molecule has 8 heteroatoms. The van der Waals surface area contributed by atoms with Crippen molar-refractivity contribution in [3.63, 3.8) is 0 Å². The summed E-state index contributed by atoms with van der Waals surface area (Å²) in [6.07, 6.45) is 0. The number of thioether (sulfide) groups is 1. The van der Waals surface area contributed by atoms with E-state index in [4.69, 9.17) is 4.74 Å². The highest BCUT2D eigenvalue weighted by Gasteiger charge is 2.15. The first kappa shape index (κ1) is 20.9. The van der Waals surface area contributed by atoms with Crippen molar-refractivity contribution < 1.29 is 13.9 Å². The number of carbonyl (C=O) groups is 1. The summed E-state index contributed by atoms with van der Waals surface area (Å²) >= 11 is 1.28. The van der Waals surface area contributed by atoms with E-state index in [9.17, 15) is 9.18 Å². The van der Waals surface area contributed by atoms with Crippen LogP contribution in [0.3, 0.4) is 0 Å². The second-order valence-electron chi connectivity index (χ2n) is 6.50. The largest absolute Gasteiger partial charge is 0.485 e. The molecule has 3 aromatic rings. The summed E-state index contributed by atoms with van der Waals surface area (Å²) in [5.41, 5.74) is 2.56. The molecule has 1 aromatic heterocycles. The van der Waals surface area contributed by atoms with E-state index < -0.39 is 5.82 Å². The van der Waals surface area contributed by atoms with Gasteiger partial charge in [-0.2, -0.15) is 0 Å². The lowest BCUT2D eigenvalue weighted by atomic mass is 10.1. The van der Waals surface area contributed by atoms with Gasteiger partial charge in [0.1, 0.15) is 18.2 Å². The molecule has 6 nitrogen and oxygen atoms in total. The number of nitrogens with zero attached hydrogens (tertiary/aromatic N) is 3. The zero-order valence-corrected chi connectivity index (χ0v) is 17.4. The van der Waals surface area contributed by atoms with Crippen molar-refractivity contribution in [1.82, 2.24) is 14.8 Å². The lowest BCUT2D eigenvalue weighted by molar-refractivity contribution is -0.113. The Morgan fingerprint density at radius 2 is 1.90 bits per heavy atom. The normalized spacial score (nSPS) is 10.8. The summed E-state index contributed by atoms with van der Waals surface area (Å²) in [5.74, 6) is 1.06. The van der Waals surface area contributed by atoms with Gasteiger partial charge in [0.2, 0.25) is 5.91 Å². The second-order valence-corrected chi connectivity index (χ2v) is 7.44. The van der Waals surface area contributed by atoms with Crippen molar-refractivity contribution in [2.75, 3.05) is 11.1 Å². The van der Waals surface area contributed by atoms with E-state index in [2.05, 4.69) is 15.5 Å². The Morgan fingerprint density at radius 1 is 1.17 bits per heavy atom. The minimum Gasteiger partial charge on any atom is -0.485 e. The monoisotopic (exact) mass is 414 g/mol. The lowest BCUT2D eigenvalue weighted by Gasteiger charge is -2.12. The minimum atomic E-state index is -0.394. The molecule has 0 fully saturated rings. The zero-order chi connectivity index (χ0) is 20.8. The Hall–Kier alpha value is -2.87. The molecule has 0 saturated carbocycles. The third kappa shape index (κ3) is 5.35. The van der Waals surface area contributed by atoms with Crippen LogP contribution in [-0.4, -0.2) is 26.4 Å². The fourth-order valence-corrected chi connectivity index (χ4v) is 3.73. The molecule has 0 bridgehead atoms. The first-order valence-electron chi connectivity index (χ1n) is 9.27. The highest BCUT2D eigenvalue weighted by atomic mass is 32.2. The van der Waals surface area contributed by atoms with Crippen molar-refractivity contribution in [3.8, 4) is 5.75 Å². The number of aryl methyl sites for hydroxylation is 2. The molecule has 3 rings (SSSR count). The van der Waals surface area contributed by atoms with Crippen molar-refractivity contribution >= 4 is 23.4 Å². The Kier molecular flexibility index (Phi) is 6.87. The van der Waals surface area contributed by atoms with Gasteiger partial charge in [-0.15, -0.1) is 10.2 Å². The van der Waals surface area contributed by atoms with Crippen LogP contribution in [0.15, 0.2) is 47.6 Å². The quantitative estimate of drug-likeness (QED) is 0.555. The van der Waals surface area contributed by atoms with Crippen molar-refractivity contribution in [3.05, 3.63) is 65.2 Å². The van der Waals surface area contributed by atoms with E-state index in [1.807, 2.05) is 43.5 Å². The van der Waals surface area contributed by atoms with Crippen LogP contribution in [0.5, 0.6) is 5.75 Å². The van der Waals surface area contributed by atoms with Crippen molar-refractivity contribution in [2.45, 2.75) is 39.1 Å². The van der Waals surface area contributed by atoms with Gasteiger partial charge in [-0.05, 0) is 50.1 Å². The molecule has 0 saturated heterocycles. The number of anilines is 1. The van der Waals surface area contributed by atoms with E-state index in [-0.39, 0.29) is 11.7 Å². The third-order valence-electron chi connectivity index (χ3n) is 4.30. The maximum atomic E-state index is 13.2. The maximum absolute atomic E-state index is 13.2. The van der Waals surface area contributed by atoms with Crippen LogP contribution in [0, 0.1) is 19.7 Å². The summed E-state index contributed by atoms with van der Waals surface area (Å²) in [5, 5.41) is 11.7. The number of benzene rings is 2. The fourth-order valence-electron chi connectivity index (χ4n) is 2.91. The number of para-hydroxylation sites is 1. The lowest BCUT2D eigenvalue weighted by Crippen LogP contribution is -2.15. The Bertz CT molecular complexity index is 986. The van der Waals surface area contributed by atoms with E-state index in [1.165, 1.54) is 23.9 Å². The summed E-state index contributed by atoms with van der Waals surface area (Å²) in [7, 11) is 0. The van der Waals surface area contributed by atoms with E-state index in [0.717, 1.165) is 16.9 Å². The molecular formula is C21H23FN4O2S. The topological polar surface area (TPSA) is 69.0 Å². The number of carbonyl (C=O) groups excluding carboxylic acids is 1. The Labute approximate surface area is 173 Å². The second kappa shape index (κ2) is 9.56. The summed E-state index contributed by atoms with van der Waals surface area (Å²) < 4.78 is 21.1. The van der Waals surface area contributed by atoms with Gasteiger partial charge >= 0.3 is 0 Å². The van der Waals surface area contributed by atoms with Gasteiger partial charge in [0.25, 0.3) is 0 Å². The number of aromatic nitrogens is 3. The van der Waals surface area contributed by atoms with Crippen LogP contribution >= 0.6 is 11.8 Å². The molecule has 1 heterocycles. The highest BCUT2D eigenvalue weighted by molar-refractivity contribution is 7.99. The fraction of sp³-hybridized carbons (Fsp3) is 0.286. The molecule has 0 aliphatic heterocycles. The number of hydrogen-bond donors (Lipinski definition) is 1. The summed E-state index contributed by atoms with van der Waals surface area (Å²) in [6.45, 7) is 6.95. The number of halogens is 1. The van der Waals surface area contributed by atoms with Crippen LogP contribution in [-0.2, 0) is 17.9 Å². The molecule has 1 N–H and O–H groups in total. The number of ether oxygens (including phenoxy) is 1. The van der Waals surface area contributed by atoms with E-state index >= 15 is 0 Å². The van der Waals surface area contributed by atoms with Crippen LogP contribution < -0.4 is 10.1 Å². The van der Waals surface area contributed by atoms with E-state index in [0.29, 0.717) is 29.8 Å². The zero-order valence-electron chi connectivity index (χ0n) is 16.6. The molecule has 2 aromatic carbocycles. The average Bonchev–Trinajstić information content (AvgIpc) is 3.08. The van der Waals surface area contributed by atoms with Crippen molar-refractivity contribution in [1.29, 1.82) is 0 Å². The first-order valence-corrected chi connectivity index (χ1v) is 10.3. The summed E-state index contributed by atoms with van der Waals surface area (Å²) in [6, 6.07) is 11.8. The summed E-state index contributed by atoms with van der Waals surface area (Å²) in [4.78, 5) is 12.2. The highest BCUT2D eigenvalue weighted by Crippen LogP contribution is 2.24. The molecule has 152 valence electrons. The molecule has 29 heavy (non-hydrogen) atoms. The Morgan fingerprint density at radius 3 is 2.59 bits per heavy atom. The van der Waals surface area contributed by atoms with Crippen LogP contribution in [0.2, 0.25) is 0 Å². The first-order chi connectivity index (χ1) is 14.0. The van der Waals surface area contributed by atoms with Crippen molar-refractivity contribution in [2.24, 2.45) is 0 Å². The van der Waals surface area contributed by atoms with Crippen LogP contribution in [0.1, 0.15) is 23.9 Å². The smallest absolute Gasteiger partial charge is 0.234 e. The van der Waals surface area contributed by atoms with Gasteiger partial charge < -0.3 is 14.6 Å². The Balaban J connectivity index is 1.61. The molecule has 0 aliphatic carbocycles. The molecule has 0 spiro atoms. The van der Waals surface area contributed by atoms with Gasteiger partial charge in [0.15, 0.2) is 11.0 Å². The van der Waals surface area contributed by atoms with E-state index in [1.54, 1.807) is 12.1 Å². The van der Waals surface area contributed by atoms with Crippen LogP contribution in [0.25, 0.3) is 0 Å². The molecular weight excluding hydrogens is 391 g/mol. The van der Waals surface area contributed by atoms with Gasteiger partial charge in [-0.3, -0.25) is 4.79 Å². The average molecular weight is 415 g/mol. The standard InChI is InChI=1S/C21H23FN4O2S/c1-4-26-18(12-28-20-14(2)7-5-8-15(20)3)24-25-21(26)29-13-19(27)23-17-10-6-9-16(22)11-17/h5-11H,4,12-13H2,1-3H3,(H,23,27). The maximum Gasteiger partial charge on any atom is 0.234 e. The van der Waals surface area contributed by atoms with Gasteiger partial charge in [-0.1, -0.05) is 36.0 Å². The van der Waals surface area contributed by atoms with Gasteiger partial charge in [-0.25, -0.2) is 4.39 Å². The predicted molar refractivity (Wildman–Crippen MR) is 112 cm³/mol. The minimum absolute atomic E-state index is 0.145. The number of rotatable bonds is 8. The predicted octanol–water partition coefficient (Wildman–Crippen LogP) is 4.36. The SMILES string of the molecule is CCn1c(COc2c(C)cccc2C)nnc1SCC(=O)Nc1cccc(F)c1. The van der Waals surface area contributed by atoms with Gasteiger partial charge in [0, 0.05) is 12.2 Å². The number of nitrogens with one attached hydrogen (secondary N) is 1.